The van der Waals surface area contributed by atoms with E-state index in [0.717, 1.165) is 16.7 Å². The van der Waals surface area contributed by atoms with Crippen molar-refractivity contribution in [2.45, 2.75) is 38.5 Å². The minimum Gasteiger partial charge on any atom is -0.497 e. The predicted octanol–water partition coefficient (Wildman–Crippen LogP) is 3.71. The average molecular weight is 599 g/mol. The largest absolute Gasteiger partial charge is 0.497 e. The van der Waals surface area contributed by atoms with Crippen molar-refractivity contribution in [3.63, 3.8) is 0 Å². The highest BCUT2D eigenvalue weighted by atomic mass is 16.5. The van der Waals surface area contributed by atoms with E-state index in [0.29, 0.717) is 18.0 Å². The number of rotatable bonds is 15. The van der Waals surface area contributed by atoms with Crippen molar-refractivity contribution >= 4 is 17.9 Å². The van der Waals surface area contributed by atoms with Gasteiger partial charge in [-0.25, -0.2) is 15.2 Å². The number of imidazole rings is 1. The molecule has 11 nitrogen and oxygen atoms in total. The number of benzene rings is 3. The molecule has 0 saturated heterocycles. The highest BCUT2D eigenvalue weighted by molar-refractivity contribution is 5.89. The van der Waals surface area contributed by atoms with E-state index >= 15 is 0 Å². The van der Waals surface area contributed by atoms with E-state index in [-0.39, 0.29) is 32.0 Å². The van der Waals surface area contributed by atoms with Gasteiger partial charge in [0.05, 0.1) is 13.4 Å². The molecule has 3 amide bonds. The maximum Gasteiger partial charge on any atom is 0.408 e. The monoisotopic (exact) mass is 598 g/mol. The molecule has 0 fully saturated rings. The van der Waals surface area contributed by atoms with Crippen LogP contribution in [0, 0.1) is 0 Å². The third-order valence-electron chi connectivity index (χ3n) is 6.97. The number of hydrogen-bond acceptors (Lipinski definition) is 7. The molecule has 0 radical (unpaired) electrons. The molecule has 4 N–H and O–H groups in total. The Labute approximate surface area is 257 Å². The zero-order valence-corrected chi connectivity index (χ0v) is 24.9. The van der Waals surface area contributed by atoms with Gasteiger partial charge in [-0.3, -0.25) is 15.0 Å². The van der Waals surface area contributed by atoms with Crippen molar-refractivity contribution in [3.05, 3.63) is 120 Å². The second-order valence-corrected chi connectivity index (χ2v) is 10.3. The second kappa shape index (κ2) is 16.5. The van der Waals surface area contributed by atoms with Gasteiger partial charge in [0.1, 0.15) is 24.9 Å². The molecular weight excluding hydrogens is 560 g/mol. The lowest BCUT2D eigenvalue weighted by molar-refractivity contribution is -0.138. The number of H-pyrrole nitrogens is 1. The van der Waals surface area contributed by atoms with Gasteiger partial charge in [-0.1, -0.05) is 79.7 Å². The minimum absolute atomic E-state index is 0.0443. The maximum atomic E-state index is 14.0. The van der Waals surface area contributed by atoms with E-state index in [1.807, 2.05) is 72.8 Å². The number of nitrogens with zero attached hydrogens (tertiary/aromatic N) is 2. The summed E-state index contributed by atoms with van der Waals surface area (Å²) in [7, 11) is 1.57. The first-order valence-corrected chi connectivity index (χ1v) is 14.3. The minimum atomic E-state index is -1.03. The molecule has 0 aliphatic carbocycles. The van der Waals surface area contributed by atoms with E-state index in [2.05, 4.69) is 33.1 Å². The van der Waals surface area contributed by atoms with Crippen LogP contribution in [0.15, 0.2) is 97.5 Å². The quantitative estimate of drug-likeness (QED) is 0.153. The lowest BCUT2D eigenvalue weighted by atomic mass is 10.0. The topological polar surface area (TPSA) is 138 Å². The van der Waals surface area contributed by atoms with E-state index in [9.17, 15) is 14.4 Å². The lowest BCUT2D eigenvalue weighted by Gasteiger charge is -2.27. The summed E-state index contributed by atoms with van der Waals surface area (Å²) >= 11 is 0. The highest BCUT2D eigenvalue weighted by Crippen LogP contribution is 2.15. The summed E-state index contributed by atoms with van der Waals surface area (Å²) in [6.45, 7) is 2.47. The molecule has 0 aliphatic rings. The summed E-state index contributed by atoms with van der Waals surface area (Å²) in [6.07, 6.45) is 2.44. The van der Waals surface area contributed by atoms with Crippen LogP contribution in [-0.2, 0) is 33.9 Å². The molecule has 0 saturated carbocycles. The zero-order chi connectivity index (χ0) is 31.1. The van der Waals surface area contributed by atoms with Crippen LogP contribution in [0.4, 0.5) is 4.79 Å². The zero-order valence-electron chi connectivity index (χ0n) is 24.9. The summed E-state index contributed by atoms with van der Waals surface area (Å²) in [4.78, 5) is 48.3. The molecule has 4 rings (SSSR count). The second-order valence-electron chi connectivity index (χ2n) is 10.3. The molecule has 1 aromatic heterocycles. The molecule has 44 heavy (non-hydrogen) atoms. The summed E-state index contributed by atoms with van der Waals surface area (Å²) in [5, 5.41) is 2.69. The number of alkyl carbamates (subject to hydrolysis) is 1. The fourth-order valence-electron chi connectivity index (χ4n) is 4.52. The Morgan fingerprint density at radius 1 is 0.932 bits per heavy atom. The SMILES string of the molecule is COc1ccc(CN(CC(=O)NNCC(C)c2ccccc2)C(=O)C(Cc2cnc[nH]2)NC(=O)OCc2ccccc2)cc1. The molecule has 0 aliphatic heterocycles. The number of hydrogen-bond donors (Lipinski definition) is 4. The summed E-state index contributed by atoms with van der Waals surface area (Å²) in [6, 6.07) is 25.4. The molecule has 0 spiro atoms. The number of aromatic nitrogens is 2. The maximum absolute atomic E-state index is 14.0. The van der Waals surface area contributed by atoms with Crippen molar-refractivity contribution in [2.24, 2.45) is 0 Å². The number of methoxy groups -OCH3 is 1. The van der Waals surface area contributed by atoms with Gasteiger partial charge >= 0.3 is 6.09 Å². The Morgan fingerprint density at radius 2 is 1.64 bits per heavy atom. The van der Waals surface area contributed by atoms with Crippen LogP contribution in [0.2, 0.25) is 0 Å². The summed E-state index contributed by atoms with van der Waals surface area (Å²) in [5.74, 6) is -0.0431. The van der Waals surface area contributed by atoms with Gasteiger partial charge in [-0.2, -0.15) is 0 Å². The van der Waals surface area contributed by atoms with Gasteiger partial charge in [0.2, 0.25) is 5.91 Å². The third-order valence-corrected chi connectivity index (χ3v) is 6.97. The standard InChI is InChI=1S/C33H38N6O5/c1-24(27-11-7-4-8-12-27)18-36-38-31(40)21-39(20-25-13-15-29(43-2)16-14-25)32(41)30(17-28-19-34-23-35-28)37-33(42)44-22-26-9-5-3-6-10-26/h3-16,19,23-24,30,36H,17-18,20-22H2,1-2H3,(H,34,35)(H,37,42)(H,38,40). The molecule has 1 heterocycles. The number of carbonyl (C=O) groups excluding carboxylic acids is 3. The Bertz CT molecular complexity index is 1450. The van der Waals surface area contributed by atoms with Gasteiger partial charge in [0, 0.05) is 31.4 Å². The first-order chi connectivity index (χ1) is 21.4. The van der Waals surface area contributed by atoms with Gasteiger partial charge < -0.3 is 24.7 Å². The number of amides is 3. The summed E-state index contributed by atoms with van der Waals surface area (Å²) < 4.78 is 10.6. The van der Waals surface area contributed by atoms with Crippen LogP contribution < -0.4 is 20.9 Å². The van der Waals surface area contributed by atoms with Crippen molar-refractivity contribution in [2.75, 3.05) is 20.2 Å². The van der Waals surface area contributed by atoms with Crippen molar-refractivity contribution < 1.29 is 23.9 Å². The van der Waals surface area contributed by atoms with Crippen LogP contribution in [0.3, 0.4) is 0 Å². The Kier molecular flexibility index (Phi) is 11.9. The number of hydrazine groups is 1. The molecule has 11 heteroatoms. The average Bonchev–Trinajstić information content (AvgIpc) is 3.57. The first-order valence-electron chi connectivity index (χ1n) is 14.3. The molecule has 230 valence electrons. The lowest BCUT2D eigenvalue weighted by Crippen LogP contribution is -2.53. The fraction of sp³-hybridized carbons (Fsp3) is 0.273. The Morgan fingerprint density at radius 3 is 2.30 bits per heavy atom. The van der Waals surface area contributed by atoms with Gasteiger partial charge in [0.25, 0.3) is 5.91 Å². The predicted molar refractivity (Wildman–Crippen MR) is 165 cm³/mol. The number of carbonyl (C=O) groups is 3. The van der Waals surface area contributed by atoms with Crippen molar-refractivity contribution in [3.8, 4) is 5.75 Å². The van der Waals surface area contributed by atoms with E-state index < -0.39 is 23.9 Å². The van der Waals surface area contributed by atoms with Crippen LogP contribution in [0.25, 0.3) is 0 Å². The van der Waals surface area contributed by atoms with Gasteiger partial charge in [-0.15, -0.1) is 0 Å². The smallest absolute Gasteiger partial charge is 0.408 e. The fourth-order valence-corrected chi connectivity index (χ4v) is 4.52. The normalized spacial score (nSPS) is 12.0. The van der Waals surface area contributed by atoms with E-state index in [1.54, 1.807) is 25.4 Å². The van der Waals surface area contributed by atoms with Crippen LogP contribution >= 0.6 is 0 Å². The molecule has 2 atom stereocenters. The number of ether oxygens (including phenoxy) is 2. The molecule has 2 unspecified atom stereocenters. The van der Waals surface area contributed by atoms with E-state index in [1.165, 1.54) is 11.2 Å². The van der Waals surface area contributed by atoms with Crippen LogP contribution in [0.5, 0.6) is 5.75 Å². The summed E-state index contributed by atoms with van der Waals surface area (Å²) in [5.41, 5.74) is 9.05. The van der Waals surface area contributed by atoms with E-state index in [4.69, 9.17) is 9.47 Å². The third kappa shape index (κ3) is 9.99. The van der Waals surface area contributed by atoms with Crippen LogP contribution in [0.1, 0.15) is 35.2 Å². The number of nitrogens with one attached hydrogen (secondary N) is 4. The molecule has 4 aromatic rings. The highest BCUT2D eigenvalue weighted by Gasteiger charge is 2.29. The molecule has 0 bridgehead atoms. The van der Waals surface area contributed by atoms with Crippen LogP contribution in [-0.4, -0.2) is 59.0 Å². The number of aromatic amines is 1. The van der Waals surface area contributed by atoms with Crippen molar-refractivity contribution in [1.82, 2.24) is 31.0 Å². The first kappa shape index (κ1) is 31.8. The van der Waals surface area contributed by atoms with Gasteiger partial charge in [0.15, 0.2) is 0 Å². The van der Waals surface area contributed by atoms with Crippen molar-refractivity contribution in [1.29, 1.82) is 0 Å². The Balaban J connectivity index is 1.45. The van der Waals surface area contributed by atoms with Gasteiger partial charge in [-0.05, 0) is 34.7 Å². The molecule has 3 aromatic carbocycles. The Hall–Kier alpha value is -5.16. The molecular formula is C33H38N6O5.